The number of ether oxygens (including phenoxy) is 2. The Morgan fingerprint density at radius 3 is 2.69 bits per heavy atom. The van der Waals surface area contributed by atoms with Gasteiger partial charge in [-0.3, -0.25) is 9.89 Å². The SMILES string of the molecule is COc1ccc(CC(=O)N[C@H]2CCCN(c3cc(-c4ccc(F)cc4)[nH]n3)C2)cc1OC. The molecule has 2 aromatic carbocycles. The van der Waals surface area contributed by atoms with Crippen molar-refractivity contribution in [1.29, 1.82) is 0 Å². The minimum Gasteiger partial charge on any atom is -0.493 e. The van der Waals surface area contributed by atoms with Gasteiger partial charge in [0.2, 0.25) is 5.91 Å². The number of anilines is 1. The molecule has 168 valence electrons. The number of nitrogens with zero attached hydrogens (tertiary/aromatic N) is 2. The maximum atomic E-state index is 13.2. The number of amides is 1. The molecule has 1 fully saturated rings. The maximum absolute atomic E-state index is 13.2. The summed E-state index contributed by atoms with van der Waals surface area (Å²) in [7, 11) is 3.16. The molecule has 1 saturated heterocycles. The van der Waals surface area contributed by atoms with Crippen LogP contribution >= 0.6 is 0 Å². The van der Waals surface area contributed by atoms with E-state index in [0.717, 1.165) is 42.0 Å². The monoisotopic (exact) mass is 438 g/mol. The number of H-pyrrole nitrogens is 1. The highest BCUT2D eigenvalue weighted by Crippen LogP contribution is 2.28. The lowest BCUT2D eigenvalue weighted by Crippen LogP contribution is -2.48. The van der Waals surface area contributed by atoms with Gasteiger partial charge in [0, 0.05) is 25.2 Å². The minimum atomic E-state index is -0.267. The van der Waals surface area contributed by atoms with E-state index >= 15 is 0 Å². The maximum Gasteiger partial charge on any atom is 0.224 e. The zero-order chi connectivity index (χ0) is 22.5. The molecule has 0 aliphatic carbocycles. The Hall–Kier alpha value is -3.55. The van der Waals surface area contributed by atoms with Crippen molar-refractivity contribution in [3.05, 3.63) is 59.9 Å². The molecule has 7 nitrogen and oxygen atoms in total. The molecule has 0 saturated carbocycles. The lowest BCUT2D eigenvalue weighted by Gasteiger charge is -2.33. The highest BCUT2D eigenvalue weighted by Gasteiger charge is 2.23. The number of rotatable bonds is 7. The summed E-state index contributed by atoms with van der Waals surface area (Å²) < 4.78 is 23.7. The van der Waals surface area contributed by atoms with Gasteiger partial charge >= 0.3 is 0 Å². The summed E-state index contributed by atoms with van der Waals surface area (Å²) in [6.45, 7) is 1.56. The van der Waals surface area contributed by atoms with E-state index in [1.54, 1.807) is 32.4 Å². The van der Waals surface area contributed by atoms with E-state index in [4.69, 9.17) is 9.47 Å². The van der Waals surface area contributed by atoms with Crippen LogP contribution < -0.4 is 19.7 Å². The topological polar surface area (TPSA) is 79.5 Å². The molecule has 1 amide bonds. The Balaban J connectivity index is 1.36. The number of carbonyl (C=O) groups is 1. The predicted molar refractivity (Wildman–Crippen MR) is 121 cm³/mol. The standard InChI is InChI=1S/C24H27FN4O3/c1-31-21-10-5-16(12-22(21)32-2)13-24(30)26-19-4-3-11-29(15-19)23-14-20(27-28-23)17-6-8-18(25)9-7-17/h5-10,12,14,19H,3-4,11,13,15H2,1-2H3,(H,26,30)(H,27,28)/t19-/m0/s1. The van der Waals surface area contributed by atoms with Crippen LogP contribution in [0.1, 0.15) is 18.4 Å². The molecule has 1 aliphatic rings. The first-order valence-electron chi connectivity index (χ1n) is 10.6. The summed E-state index contributed by atoms with van der Waals surface area (Å²) in [5, 5.41) is 10.6. The molecule has 32 heavy (non-hydrogen) atoms. The van der Waals surface area contributed by atoms with Crippen LogP contribution in [-0.2, 0) is 11.2 Å². The zero-order valence-electron chi connectivity index (χ0n) is 18.2. The van der Waals surface area contributed by atoms with Crippen LogP contribution in [0.15, 0.2) is 48.5 Å². The molecule has 0 bridgehead atoms. The number of methoxy groups -OCH3 is 2. The summed E-state index contributed by atoms with van der Waals surface area (Å²) in [6, 6.07) is 13.8. The number of aromatic nitrogens is 2. The second-order valence-electron chi connectivity index (χ2n) is 7.87. The third-order valence-electron chi connectivity index (χ3n) is 5.64. The van der Waals surface area contributed by atoms with E-state index in [9.17, 15) is 9.18 Å². The van der Waals surface area contributed by atoms with Crippen LogP contribution in [0.5, 0.6) is 11.5 Å². The van der Waals surface area contributed by atoms with Gasteiger partial charge in [-0.25, -0.2) is 4.39 Å². The van der Waals surface area contributed by atoms with Crippen LogP contribution in [0.3, 0.4) is 0 Å². The molecular weight excluding hydrogens is 411 g/mol. The van der Waals surface area contributed by atoms with Crippen LogP contribution in [0.25, 0.3) is 11.3 Å². The lowest BCUT2D eigenvalue weighted by molar-refractivity contribution is -0.121. The smallest absolute Gasteiger partial charge is 0.224 e. The van der Waals surface area contributed by atoms with Crippen molar-refractivity contribution >= 4 is 11.7 Å². The zero-order valence-corrected chi connectivity index (χ0v) is 18.2. The Morgan fingerprint density at radius 1 is 1.16 bits per heavy atom. The normalized spacial score (nSPS) is 16.0. The lowest BCUT2D eigenvalue weighted by atomic mass is 10.0. The number of hydrogen-bond donors (Lipinski definition) is 2. The molecule has 0 unspecified atom stereocenters. The first kappa shape index (κ1) is 21.7. The number of nitrogens with one attached hydrogen (secondary N) is 2. The third-order valence-corrected chi connectivity index (χ3v) is 5.64. The average molecular weight is 439 g/mol. The quantitative estimate of drug-likeness (QED) is 0.590. The van der Waals surface area contributed by atoms with Crippen LogP contribution in [-0.4, -0.2) is 49.5 Å². The van der Waals surface area contributed by atoms with Gasteiger partial charge in [-0.05, 0) is 60.4 Å². The molecule has 1 aliphatic heterocycles. The van der Waals surface area contributed by atoms with Gasteiger partial charge in [0.25, 0.3) is 0 Å². The van der Waals surface area contributed by atoms with Crippen molar-refractivity contribution in [1.82, 2.24) is 15.5 Å². The van der Waals surface area contributed by atoms with Crippen molar-refractivity contribution in [3.8, 4) is 22.8 Å². The molecule has 0 spiro atoms. The van der Waals surface area contributed by atoms with E-state index in [0.29, 0.717) is 18.0 Å². The van der Waals surface area contributed by atoms with Gasteiger partial charge in [0.05, 0.1) is 26.3 Å². The molecule has 1 aromatic heterocycles. The van der Waals surface area contributed by atoms with Gasteiger partial charge in [0.15, 0.2) is 17.3 Å². The number of hydrogen-bond acceptors (Lipinski definition) is 5. The van der Waals surface area contributed by atoms with Crippen LogP contribution in [0.2, 0.25) is 0 Å². The van der Waals surface area contributed by atoms with Crippen molar-refractivity contribution < 1.29 is 18.7 Å². The summed E-state index contributed by atoms with van der Waals surface area (Å²) in [4.78, 5) is 14.8. The fourth-order valence-corrected chi connectivity index (χ4v) is 4.01. The fraction of sp³-hybridized carbons (Fsp3) is 0.333. The number of halogens is 1. The molecule has 3 aromatic rings. The van der Waals surface area contributed by atoms with Gasteiger partial charge in [-0.2, -0.15) is 5.10 Å². The first-order valence-corrected chi connectivity index (χ1v) is 10.6. The van der Waals surface area contributed by atoms with Crippen molar-refractivity contribution in [2.75, 3.05) is 32.2 Å². The Kier molecular flexibility index (Phi) is 6.58. The van der Waals surface area contributed by atoms with E-state index in [-0.39, 0.29) is 24.2 Å². The van der Waals surface area contributed by atoms with E-state index in [1.165, 1.54) is 12.1 Å². The number of piperidine rings is 1. The molecule has 1 atom stereocenters. The number of carbonyl (C=O) groups excluding carboxylic acids is 1. The predicted octanol–water partition coefficient (Wildman–Crippen LogP) is 3.56. The highest BCUT2D eigenvalue weighted by atomic mass is 19.1. The summed E-state index contributed by atoms with van der Waals surface area (Å²) in [5.41, 5.74) is 2.57. The summed E-state index contributed by atoms with van der Waals surface area (Å²) >= 11 is 0. The highest BCUT2D eigenvalue weighted by molar-refractivity contribution is 5.79. The Labute approximate surface area is 186 Å². The first-order chi connectivity index (χ1) is 15.6. The number of benzene rings is 2. The van der Waals surface area contributed by atoms with Crippen LogP contribution in [0.4, 0.5) is 10.2 Å². The van der Waals surface area contributed by atoms with E-state index in [2.05, 4.69) is 20.4 Å². The van der Waals surface area contributed by atoms with E-state index in [1.807, 2.05) is 18.2 Å². The number of aromatic amines is 1. The van der Waals surface area contributed by atoms with Gasteiger partial charge in [0.1, 0.15) is 5.82 Å². The van der Waals surface area contributed by atoms with Crippen molar-refractivity contribution in [2.24, 2.45) is 0 Å². The second kappa shape index (κ2) is 9.72. The Bertz CT molecular complexity index is 1070. The van der Waals surface area contributed by atoms with Gasteiger partial charge in [-0.1, -0.05) is 6.07 Å². The summed E-state index contributed by atoms with van der Waals surface area (Å²) in [6.07, 6.45) is 2.15. The Morgan fingerprint density at radius 2 is 1.94 bits per heavy atom. The van der Waals surface area contributed by atoms with E-state index < -0.39 is 0 Å². The molecule has 2 N–H and O–H groups in total. The van der Waals surface area contributed by atoms with Crippen LogP contribution in [0, 0.1) is 5.82 Å². The van der Waals surface area contributed by atoms with Crippen molar-refractivity contribution in [3.63, 3.8) is 0 Å². The van der Waals surface area contributed by atoms with Gasteiger partial charge < -0.3 is 19.7 Å². The minimum absolute atomic E-state index is 0.0295. The molecule has 2 heterocycles. The van der Waals surface area contributed by atoms with Gasteiger partial charge in [-0.15, -0.1) is 0 Å². The van der Waals surface area contributed by atoms with Crippen molar-refractivity contribution in [2.45, 2.75) is 25.3 Å². The second-order valence-corrected chi connectivity index (χ2v) is 7.87. The summed E-state index contributed by atoms with van der Waals surface area (Å²) in [5.74, 6) is 1.77. The fourth-order valence-electron chi connectivity index (χ4n) is 4.01. The average Bonchev–Trinajstić information content (AvgIpc) is 3.30. The molecular formula is C24H27FN4O3. The molecule has 0 radical (unpaired) electrons. The molecule has 8 heteroatoms. The largest absolute Gasteiger partial charge is 0.493 e. The third kappa shape index (κ3) is 5.01. The molecule has 4 rings (SSSR count).